The van der Waals surface area contributed by atoms with Crippen LogP contribution in [0, 0.1) is 0 Å². The quantitative estimate of drug-likeness (QED) is 0.436. The van der Waals surface area contributed by atoms with Crippen LogP contribution >= 0.6 is 0 Å². The molecule has 2 rings (SSSR count). The first-order valence-corrected chi connectivity index (χ1v) is 8.53. The van der Waals surface area contributed by atoms with Gasteiger partial charge in [-0.3, -0.25) is 4.79 Å². The van der Waals surface area contributed by atoms with Crippen molar-refractivity contribution in [1.29, 1.82) is 0 Å². The zero-order chi connectivity index (χ0) is 21.4. The number of ether oxygens (including phenoxy) is 5. The molecule has 0 N–H and O–H groups in total. The lowest BCUT2D eigenvalue weighted by Crippen LogP contribution is -2.15. The average molecular weight is 410 g/mol. The average Bonchev–Trinajstić information content (AvgIpc) is 2.72. The van der Waals surface area contributed by atoms with E-state index in [1.165, 1.54) is 44.6 Å². The van der Waals surface area contributed by atoms with Crippen molar-refractivity contribution >= 4 is 11.8 Å². The molecule has 0 fully saturated rings. The van der Waals surface area contributed by atoms with Gasteiger partial charge in [0.05, 0.1) is 26.4 Å². The van der Waals surface area contributed by atoms with Gasteiger partial charge in [-0.15, -0.1) is 0 Å². The zero-order valence-electron chi connectivity index (χ0n) is 16.1. The maximum atomic E-state index is 12.4. The van der Waals surface area contributed by atoms with Crippen LogP contribution in [0.1, 0.15) is 27.6 Å². The topological polar surface area (TPSA) is 80.3 Å². The van der Waals surface area contributed by atoms with Crippen LogP contribution in [0.15, 0.2) is 36.4 Å². The summed E-state index contributed by atoms with van der Waals surface area (Å²) in [7, 11) is 2.90. The lowest BCUT2D eigenvalue weighted by atomic mass is 10.1. The van der Waals surface area contributed by atoms with E-state index in [2.05, 4.69) is 4.74 Å². The summed E-state index contributed by atoms with van der Waals surface area (Å²) in [4.78, 5) is 24.5. The minimum atomic E-state index is -3.04. The zero-order valence-corrected chi connectivity index (χ0v) is 16.1. The van der Waals surface area contributed by atoms with E-state index in [0.717, 1.165) is 0 Å². The van der Waals surface area contributed by atoms with Crippen LogP contribution in [-0.4, -0.2) is 45.8 Å². The highest BCUT2D eigenvalue weighted by atomic mass is 19.3. The number of ketones is 1. The lowest BCUT2D eigenvalue weighted by molar-refractivity contribution is -0.0514. The summed E-state index contributed by atoms with van der Waals surface area (Å²) < 4.78 is 49.7. The monoisotopic (exact) mass is 410 g/mol. The van der Waals surface area contributed by atoms with Gasteiger partial charge in [-0.2, -0.15) is 8.78 Å². The molecule has 9 heteroatoms. The van der Waals surface area contributed by atoms with Gasteiger partial charge in [0.25, 0.3) is 0 Å². The Hall–Kier alpha value is -3.36. The maximum absolute atomic E-state index is 12.4. The molecule has 156 valence electrons. The van der Waals surface area contributed by atoms with E-state index in [0.29, 0.717) is 11.5 Å². The van der Waals surface area contributed by atoms with Crippen LogP contribution in [-0.2, 0) is 4.74 Å². The van der Waals surface area contributed by atoms with E-state index in [9.17, 15) is 18.4 Å². The Bertz CT molecular complexity index is 868. The summed E-state index contributed by atoms with van der Waals surface area (Å²) in [6, 6.07) is 8.17. The molecule has 0 atom stereocenters. The largest absolute Gasteiger partial charge is 0.493 e. The number of rotatable bonds is 10. The standard InChI is InChI=1S/C20H20F2O7/c1-4-27-18-10-13(6-8-16(18)29-20(21)22)19(24)28-11-14(23)12-5-7-15(25-2)17(9-12)26-3/h5-10,20H,4,11H2,1-3H3. The molecule has 0 aliphatic carbocycles. The van der Waals surface area contributed by atoms with Gasteiger partial charge >= 0.3 is 12.6 Å². The molecule has 7 nitrogen and oxygen atoms in total. The number of alkyl halides is 2. The number of methoxy groups -OCH3 is 2. The molecule has 0 spiro atoms. The Labute approximate surface area is 166 Å². The van der Waals surface area contributed by atoms with E-state index in [1.54, 1.807) is 13.0 Å². The van der Waals surface area contributed by atoms with Crippen molar-refractivity contribution in [3.63, 3.8) is 0 Å². The number of hydrogen-bond donors (Lipinski definition) is 0. The van der Waals surface area contributed by atoms with Gasteiger partial charge in [0, 0.05) is 5.56 Å². The second-order valence-corrected chi connectivity index (χ2v) is 5.54. The Balaban J connectivity index is 2.08. The molecular formula is C20H20F2O7. The fourth-order valence-electron chi connectivity index (χ4n) is 2.40. The second kappa shape index (κ2) is 10.3. The van der Waals surface area contributed by atoms with Crippen molar-refractivity contribution in [2.24, 2.45) is 0 Å². The molecule has 0 aromatic heterocycles. The molecule has 0 amide bonds. The minimum Gasteiger partial charge on any atom is -0.493 e. The van der Waals surface area contributed by atoms with E-state index in [-0.39, 0.29) is 29.2 Å². The van der Waals surface area contributed by atoms with Crippen LogP contribution < -0.4 is 18.9 Å². The molecule has 0 radical (unpaired) electrons. The smallest absolute Gasteiger partial charge is 0.387 e. The molecule has 0 unspecified atom stereocenters. The van der Waals surface area contributed by atoms with Crippen LogP contribution in [0.3, 0.4) is 0 Å². The summed E-state index contributed by atoms with van der Waals surface area (Å²) >= 11 is 0. The third-order valence-corrected chi connectivity index (χ3v) is 3.74. The van der Waals surface area contributed by atoms with Gasteiger partial charge in [0.15, 0.2) is 35.4 Å². The molecule has 0 saturated heterocycles. The molecule has 0 aliphatic heterocycles. The number of halogens is 2. The fraction of sp³-hybridized carbons (Fsp3) is 0.300. The molecule has 2 aromatic rings. The first-order valence-electron chi connectivity index (χ1n) is 8.53. The van der Waals surface area contributed by atoms with E-state index in [4.69, 9.17) is 18.9 Å². The van der Waals surface area contributed by atoms with E-state index in [1.807, 2.05) is 0 Å². The Morgan fingerprint density at radius 1 is 0.897 bits per heavy atom. The molecule has 0 aliphatic rings. The van der Waals surface area contributed by atoms with Crippen LogP contribution in [0.25, 0.3) is 0 Å². The van der Waals surface area contributed by atoms with Gasteiger partial charge in [-0.25, -0.2) is 4.79 Å². The number of benzene rings is 2. The normalized spacial score (nSPS) is 10.4. The highest BCUT2D eigenvalue weighted by Gasteiger charge is 2.17. The Morgan fingerprint density at radius 2 is 1.52 bits per heavy atom. The molecule has 29 heavy (non-hydrogen) atoms. The Kier molecular flexibility index (Phi) is 7.76. The summed E-state index contributed by atoms with van der Waals surface area (Å²) in [6.45, 7) is -1.73. The molecule has 0 bridgehead atoms. The summed E-state index contributed by atoms with van der Waals surface area (Å²) in [6.07, 6.45) is 0. The predicted molar refractivity (Wildman–Crippen MR) is 98.4 cm³/mol. The van der Waals surface area contributed by atoms with Gasteiger partial charge in [0.1, 0.15) is 0 Å². The number of carbonyl (C=O) groups excluding carboxylic acids is 2. The number of Topliss-reactive ketones (excluding diaryl/α,β-unsaturated/α-hetero) is 1. The first kappa shape index (κ1) is 21.9. The number of esters is 1. The summed E-state index contributed by atoms with van der Waals surface area (Å²) in [5, 5.41) is 0. The van der Waals surface area contributed by atoms with Crippen molar-refractivity contribution in [3.05, 3.63) is 47.5 Å². The van der Waals surface area contributed by atoms with Gasteiger partial charge < -0.3 is 23.7 Å². The first-order chi connectivity index (χ1) is 13.9. The number of carbonyl (C=O) groups is 2. The fourth-order valence-corrected chi connectivity index (χ4v) is 2.40. The lowest BCUT2D eigenvalue weighted by Gasteiger charge is -2.12. The summed E-state index contributed by atoms with van der Waals surface area (Å²) in [5.41, 5.74) is 0.293. The predicted octanol–water partition coefficient (Wildman–Crippen LogP) is 3.74. The summed E-state index contributed by atoms with van der Waals surface area (Å²) in [5.74, 6) is -0.699. The van der Waals surface area contributed by atoms with Crippen LogP contribution in [0.2, 0.25) is 0 Å². The van der Waals surface area contributed by atoms with Crippen molar-refractivity contribution in [1.82, 2.24) is 0 Å². The van der Waals surface area contributed by atoms with E-state index >= 15 is 0 Å². The second-order valence-electron chi connectivity index (χ2n) is 5.54. The molecule has 2 aromatic carbocycles. The molecular weight excluding hydrogens is 390 g/mol. The van der Waals surface area contributed by atoms with Gasteiger partial charge in [0.2, 0.25) is 0 Å². The minimum absolute atomic E-state index is 0.0233. The SMILES string of the molecule is CCOc1cc(C(=O)OCC(=O)c2ccc(OC)c(OC)c2)ccc1OC(F)F. The van der Waals surface area contributed by atoms with Gasteiger partial charge in [-0.1, -0.05) is 0 Å². The molecule has 0 saturated carbocycles. The number of hydrogen-bond acceptors (Lipinski definition) is 7. The van der Waals surface area contributed by atoms with Crippen molar-refractivity contribution < 1.29 is 42.1 Å². The van der Waals surface area contributed by atoms with Crippen molar-refractivity contribution in [2.45, 2.75) is 13.5 Å². The van der Waals surface area contributed by atoms with Crippen LogP contribution in [0.4, 0.5) is 8.78 Å². The van der Waals surface area contributed by atoms with Gasteiger partial charge in [-0.05, 0) is 43.3 Å². The third-order valence-electron chi connectivity index (χ3n) is 3.74. The molecule has 0 heterocycles. The van der Waals surface area contributed by atoms with Crippen molar-refractivity contribution in [3.8, 4) is 23.0 Å². The highest BCUT2D eigenvalue weighted by Crippen LogP contribution is 2.30. The highest BCUT2D eigenvalue weighted by molar-refractivity contribution is 6.00. The third kappa shape index (κ3) is 5.81. The van der Waals surface area contributed by atoms with Crippen molar-refractivity contribution in [2.75, 3.05) is 27.4 Å². The Morgan fingerprint density at radius 3 is 2.14 bits per heavy atom. The van der Waals surface area contributed by atoms with E-state index < -0.39 is 25.0 Å². The maximum Gasteiger partial charge on any atom is 0.387 e. The van der Waals surface area contributed by atoms with Crippen LogP contribution in [0.5, 0.6) is 23.0 Å².